The summed E-state index contributed by atoms with van der Waals surface area (Å²) in [5, 5.41) is 12.4. The van der Waals surface area contributed by atoms with Gasteiger partial charge in [0, 0.05) is 12.6 Å². The van der Waals surface area contributed by atoms with Gasteiger partial charge in [-0.1, -0.05) is 32.8 Å². The lowest BCUT2D eigenvalue weighted by molar-refractivity contribution is 0.167. The Morgan fingerprint density at radius 1 is 1.42 bits per heavy atom. The first-order chi connectivity index (χ1) is 9.03. The number of nitriles is 1. The van der Waals surface area contributed by atoms with Crippen LogP contribution in [0.2, 0.25) is 0 Å². The van der Waals surface area contributed by atoms with E-state index in [1.54, 1.807) is 12.1 Å². The van der Waals surface area contributed by atoms with E-state index in [2.05, 4.69) is 19.2 Å². The summed E-state index contributed by atoms with van der Waals surface area (Å²) in [5.74, 6) is -0.441. The van der Waals surface area contributed by atoms with E-state index in [-0.39, 0.29) is 5.56 Å². The number of halogens is 1. The second-order valence-corrected chi connectivity index (χ2v) is 6.09. The molecule has 0 heterocycles. The standard InChI is InChI=1S/C16H21FN2/c1-16(2)8-4-3-5-15(16)19-11-12-6-7-14(17)13(9-12)10-18/h6-7,9,15,19H,3-5,8,11H2,1-2H3. The van der Waals surface area contributed by atoms with Crippen molar-refractivity contribution in [2.24, 2.45) is 5.41 Å². The van der Waals surface area contributed by atoms with Crippen molar-refractivity contribution < 1.29 is 4.39 Å². The van der Waals surface area contributed by atoms with Crippen LogP contribution in [0.25, 0.3) is 0 Å². The summed E-state index contributed by atoms with van der Waals surface area (Å²) in [4.78, 5) is 0. The van der Waals surface area contributed by atoms with Gasteiger partial charge in [0.05, 0.1) is 5.56 Å². The van der Waals surface area contributed by atoms with Crippen LogP contribution in [-0.2, 0) is 6.54 Å². The maximum atomic E-state index is 13.2. The molecule has 1 aromatic carbocycles. The predicted molar refractivity (Wildman–Crippen MR) is 74.0 cm³/mol. The molecule has 0 aliphatic heterocycles. The molecule has 0 saturated heterocycles. The van der Waals surface area contributed by atoms with Gasteiger partial charge in [-0.15, -0.1) is 0 Å². The van der Waals surface area contributed by atoms with Crippen molar-refractivity contribution in [3.05, 3.63) is 35.1 Å². The van der Waals surface area contributed by atoms with Crippen LogP contribution < -0.4 is 5.32 Å². The zero-order valence-corrected chi connectivity index (χ0v) is 11.7. The summed E-state index contributed by atoms with van der Waals surface area (Å²) < 4.78 is 13.2. The topological polar surface area (TPSA) is 35.8 Å². The molecule has 0 aromatic heterocycles. The van der Waals surface area contributed by atoms with Crippen LogP contribution in [-0.4, -0.2) is 6.04 Å². The quantitative estimate of drug-likeness (QED) is 0.898. The highest BCUT2D eigenvalue weighted by Crippen LogP contribution is 2.35. The number of benzene rings is 1. The Morgan fingerprint density at radius 2 is 2.21 bits per heavy atom. The summed E-state index contributed by atoms with van der Waals surface area (Å²) in [5.41, 5.74) is 1.41. The van der Waals surface area contributed by atoms with Gasteiger partial charge in [-0.2, -0.15) is 5.26 Å². The molecule has 1 saturated carbocycles. The molecule has 102 valence electrons. The Balaban J connectivity index is 2.01. The van der Waals surface area contributed by atoms with E-state index in [4.69, 9.17) is 5.26 Å². The molecule has 2 nitrogen and oxygen atoms in total. The van der Waals surface area contributed by atoms with Gasteiger partial charge in [-0.05, 0) is 36.0 Å². The third-order valence-electron chi connectivity index (χ3n) is 4.21. The maximum Gasteiger partial charge on any atom is 0.140 e. The Bertz CT molecular complexity index is 488. The van der Waals surface area contributed by atoms with Crippen molar-refractivity contribution in [1.82, 2.24) is 5.32 Å². The van der Waals surface area contributed by atoms with E-state index in [1.807, 2.05) is 6.07 Å². The molecule has 0 radical (unpaired) electrons. The van der Waals surface area contributed by atoms with Crippen molar-refractivity contribution in [3.8, 4) is 6.07 Å². The van der Waals surface area contributed by atoms with Gasteiger partial charge >= 0.3 is 0 Å². The van der Waals surface area contributed by atoms with Gasteiger partial charge in [0.1, 0.15) is 11.9 Å². The Morgan fingerprint density at radius 3 is 2.89 bits per heavy atom. The summed E-state index contributed by atoms with van der Waals surface area (Å²) in [6, 6.07) is 7.15. The van der Waals surface area contributed by atoms with Gasteiger partial charge in [-0.3, -0.25) is 0 Å². The monoisotopic (exact) mass is 260 g/mol. The second kappa shape index (κ2) is 5.71. The van der Waals surface area contributed by atoms with Crippen molar-refractivity contribution in [1.29, 1.82) is 5.26 Å². The van der Waals surface area contributed by atoms with Crippen LogP contribution in [0.1, 0.15) is 50.7 Å². The molecule has 19 heavy (non-hydrogen) atoms. The van der Waals surface area contributed by atoms with E-state index in [1.165, 1.54) is 31.7 Å². The zero-order valence-electron chi connectivity index (χ0n) is 11.7. The van der Waals surface area contributed by atoms with Crippen LogP contribution >= 0.6 is 0 Å². The first-order valence-corrected chi connectivity index (χ1v) is 6.95. The zero-order chi connectivity index (χ0) is 13.9. The lowest BCUT2D eigenvalue weighted by Crippen LogP contribution is -2.43. The molecule has 0 spiro atoms. The average molecular weight is 260 g/mol. The van der Waals surface area contributed by atoms with E-state index in [0.717, 1.165) is 5.56 Å². The summed E-state index contributed by atoms with van der Waals surface area (Å²) >= 11 is 0. The van der Waals surface area contributed by atoms with E-state index >= 15 is 0 Å². The van der Waals surface area contributed by atoms with Gasteiger partial charge in [0.15, 0.2) is 0 Å². The molecule has 1 aliphatic carbocycles. The predicted octanol–water partition coefficient (Wildman–Crippen LogP) is 3.76. The molecular weight excluding hydrogens is 239 g/mol. The molecule has 2 rings (SSSR count). The first kappa shape index (κ1) is 14.0. The molecule has 1 atom stereocenters. The molecule has 1 unspecified atom stereocenters. The van der Waals surface area contributed by atoms with Gasteiger partial charge in [-0.25, -0.2) is 4.39 Å². The van der Waals surface area contributed by atoms with Crippen molar-refractivity contribution in [2.45, 2.75) is 52.1 Å². The normalized spacial score (nSPS) is 21.9. The number of hydrogen-bond donors (Lipinski definition) is 1. The minimum Gasteiger partial charge on any atom is -0.309 e. The van der Waals surface area contributed by atoms with Gasteiger partial charge in [0.2, 0.25) is 0 Å². The molecular formula is C16H21FN2. The molecule has 0 bridgehead atoms. The van der Waals surface area contributed by atoms with E-state index in [0.29, 0.717) is 18.0 Å². The smallest absolute Gasteiger partial charge is 0.140 e. The Labute approximate surface area is 114 Å². The van der Waals surface area contributed by atoms with Crippen LogP contribution in [0.5, 0.6) is 0 Å². The fraction of sp³-hybridized carbons (Fsp3) is 0.562. The Kier molecular flexibility index (Phi) is 4.21. The second-order valence-electron chi connectivity index (χ2n) is 6.09. The minimum atomic E-state index is -0.441. The Hall–Kier alpha value is -1.40. The van der Waals surface area contributed by atoms with Crippen LogP contribution in [0.3, 0.4) is 0 Å². The molecule has 1 aliphatic rings. The number of hydrogen-bond acceptors (Lipinski definition) is 2. The van der Waals surface area contributed by atoms with Crippen molar-refractivity contribution in [2.75, 3.05) is 0 Å². The maximum absolute atomic E-state index is 13.2. The van der Waals surface area contributed by atoms with Gasteiger partial charge in [0.25, 0.3) is 0 Å². The van der Waals surface area contributed by atoms with E-state index < -0.39 is 5.82 Å². The largest absolute Gasteiger partial charge is 0.309 e. The van der Waals surface area contributed by atoms with Crippen molar-refractivity contribution >= 4 is 0 Å². The highest BCUT2D eigenvalue weighted by molar-refractivity contribution is 5.34. The molecule has 0 amide bonds. The number of nitrogens with zero attached hydrogens (tertiary/aromatic N) is 1. The first-order valence-electron chi connectivity index (χ1n) is 6.95. The number of nitrogens with one attached hydrogen (secondary N) is 1. The fourth-order valence-corrected chi connectivity index (χ4v) is 2.88. The summed E-state index contributed by atoms with van der Waals surface area (Å²) in [7, 11) is 0. The molecule has 1 fully saturated rings. The SMILES string of the molecule is CC1(C)CCCCC1NCc1ccc(F)c(C#N)c1. The minimum absolute atomic E-state index is 0.127. The third kappa shape index (κ3) is 3.33. The summed E-state index contributed by atoms with van der Waals surface area (Å²) in [6.07, 6.45) is 5.02. The molecule has 3 heteroatoms. The van der Waals surface area contributed by atoms with Gasteiger partial charge < -0.3 is 5.32 Å². The highest BCUT2D eigenvalue weighted by atomic mass is 19.1. The van der Waals surface area contributed by atoms with Crippen LogP contribution in [0, 0.1) is 22.6 Å². The van der Waals surface area contributed by atoms with E-state index in [9.17, 15) is 4.39 Å². The van der Waals surface area contributed by atoms with Crippen LogP contribution in [0.15, 0.2) is 18.2 Å². The fourth-order valence-electron chi connectivity index (χ4n) is 2.88. The summed E-state index contributed by atoms with van der Waals surface area (Å²) in [6.45, 7) is 5.30. The number of rotatable bonds is 3. The third-order valence-corrected chi connectivity index (χ3v) is 4.21. The average Bonchev–Trinajstić information content (AvgIpc) is 2.38. The van der Waals surface area contributed by atoms with Crippen LogP contribution in [0.4, 0.5) is 4.39 Å². The molecule has 1 aromatic rings. The highest BCUT2D eigenvalue weighted by Gasteiger charge is 2.31. The lowest BCUT2D eigenvalue weighted by Gasteiger charge is -2.39. The molecule has 1 N–H and O–H groups in total. The lowest BCUT2D eigenvalue weighted by atomic mass is 9.73. The van der Waals surface area contributed by atoms with Crippen molar-refractivity contribution in [3.63, 3.8) is 0 Å².